The van der Waals surface area contributed by atoms with E-state index in [-0.39, 0.29) is 24.4 Å². The van der Waals surface area contributed by atoms with E-state index < -0.39 is 11.5 Å². The molecule has 3 rings (SSSR count). The number of rotatable bonds is 5. The molecule has 1 aliphatic carbocycles. The van der Waals surface area contributed by atoms with Crippen LogP contribution < -0.4 is 0 Å². The van der Waals surface area contributed by atoms with Gasteiger partial charge in [0.25, 0.3) is 11.8 Å². The summed E-state index contributed by atoms with van der Waals surface area (Å²) in [6.07, 6.45) is 8.81. The van der Waals surface area contributed by atoms with Gasteiger partial charge in [-0.05, 0) is 25.5 Å². The molecule has 0 saturated carbocycles. The number of ether oxygens (including phenoxy) is 1. The Morgan fingerprint density at radius 2 is 1.76 bits per heavy atom. The number of fused-ring (bicyclic) bond motifs is 1. The van der Waals surface area contributed by atoms with Gasteiger partial charge >= 0.3 is 5.97 Å². The number of benzene rings is 1. The van der Waals surface area contributed by atoms with Crippen LogP contribution in [0.2, 0.25) is 0 Å². The Morgan fingerprint density at radius 3 is 2.24 bits per heavy atom. The minimum absolute atomic E-state index is 0.279. The summed E-state index contributed by atoms with van der Waals surface area (Å²) in [6, 6.07) is 6.23. The van der Waals surface area contributed by atoms with Crippen molar-refractivity contribution in [2.75, 3.05) is 6.61 Å². The van der Waals surface area contributed by atoms with E-state index in [9.17, 15) is 14.4 Å². The predicted octanol–water partition coefficient (Wildman–Crippen LogP) is 2.90. The highest BCUT2D eigenvalue weighted by molar-refractivity contribution is 6.21. The summed E-state index contributed by atoms with van der Waals surface area (Å²) >= 11 is 0. The van der Waals surface area contributed by atoms with Crippen molar-refractivity contribution in [3.8, 4) is 0 Å². The SMILES string of the molecule is C=CCC1(C(=O)OCC)C=CC(N2C(=O)c3ccccc3C2=O)C=C1. The lowest BCUT2D eigenvalue weighted by molar-refractivity contribution is -0.149. The summed E-state index contributed by atoms with van der Waals surface area (Å²) in [7, 11) is 0. The minimum atomic E-state index is -0.938. The number of carbonyl (C=O) groups is 3. The maximum absolute atomic E-state index is 12.6. The van der Waals surface area contributed by atoms with Crippen molar-refractivity contribution in [3.63, 3.8) is 0 Å². The molecule has 0 atom stereocenters. The van der Waals surface area contributed by atoms with Crippen LogP contribution in [0.4, 0.5) is 0 Å². The first kappa shape index (κ1) is 16.9. The molecule has 1 aromatic rings. The smallest absolute Gasteiger partial charge is 0.320 e. The lowest BCUT2D eigenvalue weighted by Gasteiger charge is -2.30. The van der Waals surface area contributed by atoms with Crippen molar-refractivity contribution >= 4 is 17.8 Å². The summed E-state index contributed by atoms with van der Waals surface area (Å²) in [6.45, 7) is 5.72. The summed E-state index contributed by atoms with van der Waals surface area (Å²) in [5.74, 6) is -1.03. The fraction of sp³-hybridized carbons (Fsp3) is 0.250. The van der Waals surface area contributed by atoms with E-state index in [2.05, 4.69) is 6.58 Å². The van der Waals surface area contributed by atoms with Crippen LogP contribution in [0.15, 0.2) is 61.2 Å². The Hall–Kier alpha value is -2.95. The average molecular weight is 337 g/mol. The fourth-order valence-corrected chi connectivity index (χ4v) is 3.17. The third-order valence-corrected chi connectivity index (χ3v) is 4.44. The van der Waals surface area contributed by atoms with Gasteiger partial charge < -0.3 is 4.74 Å². The van der Waals surface area contributed by atoms with Crippen molar-refractivity contribution in [3.05, 3.63) is 72.4 Å². The van der Waals surface area contributed by atoms with Crippen LogP contribution in [0, 0.1) is 5.41 Å². The molecule has 0 fully saturated rings. The highest BCUT2D eigenvalue weighted by atomic mass is 16.5. The quantitative estimate of drug-likeness (QED) is 0.471. The van der Waals surface area contributed by atoms with E-state index in [1.54, 1.807) is 61.6 Å². The van der Waals surface area contributed by atoms with E-state index in [1.807, 2.05) is 0 Å². The van der Waals surface area contributed by atoms with Crippen molar-refractivity contribution in [1.29, 1.82) is 0 Å². The monoisotopic (exact) mass is 337 g/mol. The molecule has 2 amide bonds. The largest absolute Gasteiger partial charge is 0.465 e. The summed E-state index contributed by atoms with van der Waals surface area (Å²) in [5, 5.41) is 0. The molecule has 0 saturated heterocycles. The number of hydrogen-bond donors (Lipinski definition) is 0. The molecule has 0 N–H and O–H groups in total. The molecule has 1 aliphatic heterocycles. The van der Waals surface area contributed by atoms with Crippen LogP contribution in [-0.4, -0.2) is 35.3 Å². The highest BCUT2D eigenvalue weighted by Crippen LogP contribution is 2.34. The molecule has 5 nitrogen and oxygen atoms in total. The van der Waals surface area contributed by atoms with E-state index in [0.717, 1.165) is 0 Å². The normalized spacial score (nSPS) is 24.4. The third kappa shape index (κ3) is 2.71. The van der Waals surface area contributed by atoms with E-state index in [0.29, 0.717) is 17.5 Å². The summed E-state index contributed by atoms with van der Waals surface area (Å²) < 4.78 is 5.15. The fourth-order valence-electron chi connectivity index (χ4n) is 3.17. The molecular formula is C20H19NO4. The molecule has 0 unspecified atom stereocenters. The van der Waals surface area contributed by atoms with Gasteiger partial charge in [-0.2, -0.15) is 0 Å². The molecule has 0 spiro atoms. The number of nitrogens with zero attached hydrogens (tertiary/aromatic N) is 1. The van der Waals surface area contributed by atoms with Crippen molar-refractivity contribution < 1.29 is 19.1 Å². The first-order chi connectivity index (χ1) is 12.0. The van der Waals surface area contributed by atoms with Crippen molar-refractivity contribution in [2.45, 2.75) is 19.4 Å². The number of allylic oxidation sites excluding steroid dienone is 1. The van der Waals surface area contributed by atoms with Crippen LogP contribution in [0.5, 0.6) is 0 Å². The van der Waals surface area contributed by atoms with Gasteiger partial charge in [-0.15, -0.1) is 6.58 Å². The second kappa shape index (κ2) is 6.51. The third-order valence-electron chi connectivity index (χ3n) is 4.44. The van der Waals surface area contributed by atoms with Gasteiger partial charge in [0.05, 0.1) is 23.8 Å². The Bertz CT molecular complexity index is 757. The molecular weight excluding hydrogens is 318 g/mol. The van der Waals surface area contributed by atoms with Crippen molar-refractivity contribution in [2.24, 2.45) is 5.41 Å². The lowest BCUT2D eigenvalue weighted by Crippen LogP contribution is -2.40. The minimum Gasteiger partial charge on any atom is -0.465 e. The Morgan fingerprint density at radius 1 is 1.20 bits per heavy atom. The zero-order valence-corrected chi connectivity index (χ0v) is 14.0. The first-order valence-corrected chi connectivity index (χ1v) is 8.18. The van der Waals surface area contributed by atoms with E-state index in [1.165, 1.54) is 4.90 Å². The van der Waals surface area contributed by atoms with Gasteiger partial charge in [-0.1, -0.05) is 42.5 Å². The lowest BCUT2D eigenvalue weighted by atomic mass is 9.80. The van der Waals surface area contributed by atoms with E-state index in [4.69, 9.17) is 4.74 Å². The second-order valence-corrected chi connectivity index (χ2v) is 5.99. The van der Waals surface area contributed by atoms with Crippen LogP contribution in [0.3, 0.4) is 0 Å². The molecule has 1 aromatic carbocycles. The van der Waals surface area contributed by atoms with Gasteiger partial charge in [0.2, 0.25) is 0 Å². The molecule has 1 heterocycles. The van der Waals surface area contributed by atoms with Crippen molar-refractivity contribution in [1.82, 2.24) is 4.90 Å². The number of hydrogen-bond acceptors (Lipinski definition) is 4. The average Bonchev–Trinajstić information content (AvgIpc) is 2.88. The van der Waals surface area contributed by atoms with E-state index >= 15 is 0 Å². The summed E-state index contributed by atoms with van der Waals surface area (Å²) in [4.78, 5) is 38.7. The van der Waals surface area contributed by atoms with Crippen LogP contribution in [0.25, 0.3) is 0 Å². The molecule has 0 bridgehead atoms. The first-order valence-electron chi connectivity index (χ1n) is 8.18. The Balaban J connectivity index is 1.88. The maximum atomic E-state index is 12.6. The standard InChI is InChI=1S/C20H19NO4/c1-3-11-20(19(24)25-4-2)12-9-14(10-13-20)21-17(22)15-7-5-6-8-16(15)18(21)23/h3,5-10,12-14H,1,4,11H2,2H3. The van der Waals surface area contributed by atoms with Crippen LogP contribution >= 0.6 is 0 Å². The second-order valence-electron chi connectivity index (χ2n) is 5.99. The number of amides is 2. The van der Waals surface area contributed by atoms with Gasteiger partial charge in [-0.25, -0.2) is 0 Å². The topological polar surface area (TPSA) is 63.7 Å². The zero-order chi connectivity index (χ0) is 18.0. The van der Waals surface area contributed by atoms with Gasteiger partial charge in [0.1, 0.15) is 5.41 Å². The molecule has 0 aromatic heterocycles. The Kier molecular flexibility index (Phi) is 4.40. The predicted molar refractivity (Wildman–Crippen MR) is 92.9 cm³/mol. The van der Waals surface area contributed by atoms with Gasteiger partial charge in [-0.3, -0.25) is 19.3 Å². The number of imide groups is 1. The molecule has 5 heteroatoms. The molecule has 128 valence electrons. The van der Waals surface area contributed by atoms with Crippen LogP contribution in [0.1, 0.15) is 34.1 Å². The molecule has 25 heavy (non-hydrogen) atoms. The Labute approximate surface area is 146 Å². The number of esters is 1. The molecule has 2 aliphatic rings. The number of carbonyl (C=O) groups excluding carboxylic acids is 3. The van der Waals surface area contributed by atoms with Gasteiger partial charge in [0, 0.05) is 0 Å². The zero-order valence-electron chi connectivity index (χ0n) is 14.0. The highest BCUT2D eigenvalue weighted by Gasteiger charge is 2.41. The van der Waals surface area contributed by atoms with Crippen LogP contribution in [-0.2, 0) is 9.53 Å². The van der Waals surface area contributed by atoms with Gasteiger partial charge in [0.15, 0.2) is 0 Å². The maximum Gasteiger partial charge on any atom is 0.320 e. The molecule has 0 radical (unpaired) electrons. The summed E-state index contributed by atoms with van der Waals surface area (Å²) in [5.41, 5.74) is -0.127.